The molecule has 0 spiro atoms. The van der Waals surface area contributed by atoms with Crippen molar-refractivity contribution in [3.8, 4) is 0 Å². The van der Waals surface area contributed by atoms with Gasteiger partial charge in [0.05, 0.1) is 32.4 Å². The smallest absolute Gasteiger partial charge is 0.379 e. The van der Waals surface area contributed by atoms with E-state index in [1.807, 2.05) is 0 Å². The molecule has 3 aliphatic heterocycles. The highest BCUT2D eigenvalue weighted by atomic mass is 16.7. The second kappa shape index (κ2) is 11.6. The highest BCUT2D eigenvalue weighted by Gasteiger charge is 2.40. The third kappa shape index (κ3) is 7.37. The van der Waals surface area contributed by atoms with Gasteiger partial charge in [0.15, 0.2) is 5.78 Å². The number of nitrogens with zero attached hydrogens (tertiary/aromatic N) is 2. The minimum absolute atomic E-state index is 0.00188. The van der Waals surface area contributed by atoms with Crippen molar-refractivity contribution in [2.45, 2.75) is 65.1 Å². The number of Topliss-reactive ketones (excluding diaryl/α,β-unsaturated/α-hetero) is 1. The van der Waals surface area contributed by atoms with Crippen molar-refractivity contribution in [2.24, 2.45) is 11.3 Å². The summed E-state index contributed by atoms with van der Waals surface area (Å²) in [6, 6.07) is -1.54. The zero-order chi connectivity index (χ0) is 24.0. The van der Waals surface area contributed by atoms with Crippen LogP contribution in [0.1, 0.15) is 47.0 Å². The zero-order valence-corrected chi connectivity index (χ0v) is 20.4. The number of ketones is 1. The molecule has 3 atom stereocenters. The summed E-state index contributed by atoms with van der Waals surface area (Å²) >= 11 is 0. The SMILES string of the molecule is CC(C)C(C)(C)C[C@H](NC(=O)ON1CCOCC1)C(=O)NC1C(=O)COC1CN1CCCC1. The predicted molar refractivity (Wildman–Crippen MR) is 121 cm³/mol. The fraction of sp³-hybridized carbons (Fsp3) is 0.870. The van der Waals surface area contributed by atoms with Crippen LogP contribution in [0.4, 0.5) is 4.79 Å². The number of likely N-dealkylation sites (tertiary alicyclic amines) is 1. The van der Waals surface area contributed by atoms with E-state index in [2.05, 4.69) is 43.2 Å². The molecule has 0 aromatic heterocycles. The fourth-order valence-electron chi connectivity index (χ4n) is 4.28. The van der Waals surface area contributed by atoms with Gasteiger partial charge in [-0.2, -0.15) is 0 Å². The summed E-state index contributed by atoms with van der Waals surface area (Å²) in [6.07, 6.45) is 1.63. The minimum Gasteiger partial charge on any atom is -0.379 e. The van der Waals surface area contributed by atoms with Crippen LogP contribution in [-0.2, 0) is 23.9 Å². The molecular formula is C23H40N4O6. The van der Waals surface area contributed by atoms with E-state index in [4.69, 9.17) is 14.3 Å². The van der Waals surface area contributed by atoms with Gasteiger partial charge in [-0.05, 0) is 43.7 Å². The first-order chi connectivity index (χ1) is 15.7. The quantitative estimate of drug-likeness (QED) is 0.515. The highest BCUT2D eigenvalue weighted by Crippen LogP contribution is 2.31. The summed E-state index contributed by atoms with van der Waals surface area (Å²) in [6.45, 7) is 12.8. The number of carbonyl (C=O) groups excluding carboxylic acids is 3. The molecule has 0 radical (unpaired) electrons. The normalized spacial score (nSPS) is 25.9. The lowest BCUT2D eigenvalue weighted by Gasteiger charge is -2.34. The summed E-state index contributed by atoms with van der Waals surface area (Å²) in [5.74, 6) is -0.243. The molecule has 3 rings (SSSR count). The Morgan fingerprint density at radius 2 is 1.82 bits per heavy atom. The largest absolute Gasteiger partial charge is 0.426 e. The van der Waals surface area contributed by atoms with E-state index in [9.17, 15) is 14.4 Å². The number of amides is 2. The van der Waals surface area contributed by atoms with Gasteiger partial charge in [0.2, 0.25) is 5.91 Å². The van der Waals surface area contributed by atoms with Crippen molar-refractivity contribution >= 4 is 17.8 Å². The molecule has 33 heavy (non-hydrogen) atoms. The van der Waals surface area contributed by atoms with Gasteiger partial charge in [0.25, 0.3) is 0 Å². The number of rotatable bonds is 9. The summed E-state index contributed by atoms with van der Waals surface area (Å²) in [5.41, 5.74) is -0.223. The number of carbonyl (C=O) groups is 3. The van der Waals surface area contributed by atoms with Gasteiger partial charge in [-0.3, -0.25) is 9.59 Å². The third-order valence-corrected chi connectivity index (χ3v) is 7.18. The summed E-state index contributed by atoms with van der Waals surface area (Å²) in [7, 11) is 0. The molecule has 3 saturated heterocycles. The van der Waals surface area contributed by atoms with E-state index in [1.165, 1.54) is 5.06 Å². The number of hydrogen-bond donors (Lipinski definition) is 2. The first-order valence-corrected chi connectivity index (χ1v) is 12.1. The van der Waals surface area contributed by atoms with Gasteiger partial charge >= 0.3 is 6.09 Å². The second-order valence-corrected chi connectivity index (χ2v) is 10.3. The molecule has 0 aliphatic carbocycles. The Bertz CT molecular complexity index is 688. The van der Waals surface area contributed by atoms with Crippen LogP contribution < -0.4 is 10.6 Å². The topological polar surface area (TPSA) is 109 Å². The molecule has 2 unspecified atom stereocenters. The van der Waals surface area contributed by atoms with Crippen LogP contribution in [0.3, 0.4) is 0 Å². The molecule has 0 bridgehead atoms. The average molecular weight is 469 g/mol. The Morgan fingerprint density at radius 1 is 1.15 bits per heavy atom. The molecule has 3 heterocycles. The number of nitrogens with one attached hydrogen (secondary N) is 2. The van der Waals surface area contributed by atoms with Crippen LogP contribution in [0.15, 0.2) is 0 Å². The molecule has 188 valence electrons. The average Bonchev–Trinajstić information content (AvgIpc) is 3.39. The third-order valence-electron chi connectivity index (χ3n) is 7.18. The molecule has 2 N–H and O–H groups in total. The van der Waals surface area contributed by atoms with Gasteiger partial charge < -0.3 is 29.8 Å². The van der Waals surface area contributed by atoms with Gasteiger partial charge in [-0.15, -0.1) is 5.06 Å². The van der Waals surface area contributed by atoms with Gasteiger partial charge in [-0.25, -0.2) is 4.79 Å². The number of hydrogen-bond acceptors (Lipinski definition) is 8. The Kier molecular flexibility index (Phi) is 9.09. The lowest BCUT2D eigenvalue weighted by atomic mass is 9.76. The minimum atomic E-state index is -0.836. The van der Waals surface area contributed by atoms with Crippen molar-refractivity contribution in [1.82, 2.24) is 20.6 Å². The lowest BCUT2D eigenvalue weighted by molar-refractivity contribution is -0.148. The maximum absolute atomic E-state index is 13.3. The summed E-state index contributed by atoms with van der Waals surface area (Å²) in [4.78, 5) is 46.0. The molecule has 3 aliphatic rings. The van der Waals surface area contributed by atoms with Crippen LogP contribution in [0.5, 0.6) is 0 Å². The van der Waals surface area contributed by atoms with Gasteiger partial charge in [0, 0.05) is 6.54 Å². The standard InChI is InChI=1S/C23H40N4O6/c1-16(2)23(3,4)13-17(24-22(30)33-27-9-11-31-12-10-27)21(29)25-20-18(28)15-32-19(20)14-26-7-5-6-8-26/h16-17,19-20H,5-15H2,1-4H3,(H,24,30)(H,25,29)/t17-,19?,20?/m0/s1. The zero-order valence-electron chi connectivity index (χ0n) is 20.4. The molecule has 0 aromatic rings. The lowest BCUT2D eigenvalue weighted by Crippen LogP contribution is -2.56. The van der Waals surface area contributed by atoms with Crippen molar-refractivity contribution in [3.05, 3.63) is 0 Å². The fourth-order valence-corrected chi connectivity index (χ4v) is 4.28. The van der Waals surface area contributed by atoms with Crippen molar-refractivity contribution < 1.29 is 28.7 Å². The summed E-state index contributed by atoms with van der Waals surface area (Å²) < 4.78 is 11.0. The molecule has 10 heteroatoms. The van der Waals surface area contributed by atoms with E-state index in [0.717, 1.165) is 25.9 Å². The van der Waals surface area contributed by atoms with E-state index in [1.54, 1.807) is 0 Å². The molecule has 10 nitrogen and oxygen atoms in total. The Morgan fingerprint density at radius 3 is 2.45 bits per heavy atom. The van der Waals surface area contributed by atoms with Crippen LogP contribution in [0.2, 0.25) is 0 Å². The van der Waals surface area contributed by atoms with E-state index in [-0.39, 0.29) is 29.8 Å². The second-order valence-electron chi connectivity index (χ2n) is 10.3. The molecule has 0 saturated carbocycles. The first kappa shape index (κ1) is 25.9. The molecular weight excluding hydrogens is 428 g/mol. The Hall–Kier alpha value is -1.75. The maximum Gasteiger partial charge on any atom is 0.426 e. The van der Waals surface area contributed by atoms with Gasteiger partial charge in [-0.1, -0.05) is 27.7 Å². The Balaban J connectivity index is 1.64. The van der Waals surface area contributed by atoms with Crippen molar-refractivity contribution in [2.75, 3.05) is 52.5 Å². The monoisotopic (exact) mass is 468 g/mol. The van der Waals surface area contributed by atoms with Gasteiger partial charge in [0.1, 0.15) is 18.7 Å². The van der Waals surface area contributed by atoms with E-state index in [0.29, 0.717) is 39.3 Å². The Labute approximate surface area is 196 Å². The summed E-state index contributed by atoms with van der Waals surface area (Å²) in [5, 5.41) is 7.14. The number of hydroxylamine groups is 2. The maximum atomic E-state index is 13.3. The van der Waals surface area contributed by atoms with Crippen molar-refractivity contribution in [3.63, 3.8) is 0 Å². The molecule has 3 fully saturated rings. The molecule has 2 amide bonds. The predicted octanol–water partition coefficient (Wildman–Crippen LogP) is 0.949. The van der Waals surface area contributed by atoms with Crippen LogP contribution in [0, 0.1) is 11.3 Å². The van der Waals surface area contributed by atoms with Crippen LogP contribution in [-0.4, -0.2) is 98.5 Å². The number of morpholine rings is 1. The van der Waals surface area contributed by atoms with E-state index >= 15 is 0 Å². The van der Waals surface area contributed by atoms with Crippen LogP contribution in [0.25, 0.3) is 0 Å². The van der Waals surface area contributed by atoms with Crippen LogP contribution >= 0.6 is 0 Å². The number of ether oxygens (including phenoxy) is 2. The highest BCUT2D eigenvalue weighted by molar-refractivity contribution is 5.94. The van der Waals surface area contributed by atoms with Crippen molar-refractivity contribution in [1.29, 1.82) is 0 Å². The molecule has 0 aromatic carbocycles. The first-order valence-electron chi connectivity index (χ1n) is 12.1. The van der Waals surface area contributed by atoms with E-state index < -0.39 is 24.1 Å².